The molecular formula is C22H20F9N3O3S. The van der Waals surface area contributed by atoms with Crippen LogP contribution in [0.15, 0.2) is 47.4 Å². The first-order chi connectivity index (χ1) is 17.4. The van der Waals surface area contributed by atoms with Crippen molar-refractivity contribution >= 4 is 21.6 Å². The molecule has 38 heavy (non-hydrogen) atoms. The smallest absolute Gasteiger partial charge is 0.325 e. The number of nitrogens with zero attached hydrogens (tertiary/aromatic N) is 1. The molecule has 1 aliphatic heterocycles. The number of halogens is 9. The Labute approximate surface area is 210 Å². The summed E-state index contributed by atoms with van der Waals surface area (Å²) in [4.78, 5) is 13.2. The number of carbonyl (C=O) groups excluding carboxylic acids is 1. The molecule has 1 amide bonds. The Kier molecular flexibility index (Phi) is 8.38. The molecule has 0 aliphatic carbocycles. The van der Waals surface area contributed by atoms with Gasteiger partial charge in [-0.05, 0) is 49.2 Å². The number of anilines is 1. The van der Waals surface area contributed by atoms with Gasteiger partial charge in [-0.1, -0.05) is 6.07 Å². The summed E-state index contributed by atoms with van der Waals surface area (Å²) in [5.41, 5.74) is -5.45. The van der Waals surface area contributed by atoms with Crippen LogP contribution in [0.5, 0.6) is 0 Å². The van der Waals surface area contributed by atoms with Crippen LogP contribution in [0.25, 0.3) is 0 Å². The highest BCUT2D eigenvalue weighted by molar-refractivity contribution is 7.89. The van der Waals surface area contributed by atoms with Gasteiger partial charge in [-0.15, -0.1) is 0 Å². The van der Waals surface area contributed by atoms with E-state index in [1.165, 1.54) is 0 Å². The normalized spacial score (nSPS) is 16.4. The zero-order valence-electron chi connectivity index (χ0n) is 19.1. The highest BCUT2D eigenvalue weighted by Crippen LogP contribution is 2.41. The highest BCUT2D eigenvalue weighted by atomic mass is 32.2. The van der Waals surface area contributed by atoms with Gasteiger partial charge in [0.1, 0.15) is 0 Å². The van der Waals surface area contributed by atoms with E-state index in [1.807, 2.05) is 0 Å². The summed E-state index contributed by atoms with van der Waals surface area (Å²) in [6.45, 7) is -0.0243. The summed E-state index contributed by atoms with van der Waals surface area (Å²) in [6.07, 6.45) is -14.9. The number of hydrogen-bond donors (Lipinski definition) is 2. The van der Waals surface area contributed by atoms with E-state index in [9.17, 15) is 52.7 Å². The number of amides is 1. The first-order valence-electron chi connectivity index (χ1n) is 10.9. The molecule has 3 rings (SSSR count). The molecule has 2 N–H and O–H groups in total. The fourth-order valence-electron chi connectivity index (χ4n) is 3.84. The van der Waals surface area contributed by atoms with E-state index in [-0.39, 0.29) is 44.6 Å². The first-order valence-corrected chi connectivity index (χ1v) is 12.3. The topological polar surface area (TPSA) is 78.5 Å². The molecule has 0 bridgehead atoms. The van der Waals surface area contributed by atoms with Crippen molar-refractivity contribution in [1.29, 1.82) is 0 Å². The molecule has 0 aromatic heterocycles. The van der Waals surface area contributed by atoms with E-state index in [0.29, 0.717) is 12.1 Å². The van der Waals surface area contributed by atoms with E-state index < -0.39 is 67.8 Å². The number of likely N-dealkylation sites (tertiary alicyclic amines) is 1. The Hall–Kier alpha value is -2.85. The van der Waals surface area contributed by atoms with Crippen LogP contribution in [-0.4, -0.2) is 44.9 Å². The molecule has 1 heterocycles. The molecule has 0 atom stereocenters. The zero-order chi connectivity index (χ0) is 28.5. The third kappa shape index (κ3) is 7.60. The van der Waals surface area contributed by atoms with Crippen LogP contribution in [0.4, 0.5) is 45.2 Å². The number of sulfonamides is 1. The molecule has 1 saturated heterocycles. The molecule has 0 unspecified atom stereocenters. The van der Waals surface area contributed by atoms with Gasteiger partial charge in [0.15, 0.2) is 0 Å². The minimum atomic E-state index is -5.31. The summed E-state index contributed by atoms with van der Waals surface area (Å²) in [7, 11) is -4.27. The van der Waals surface area contributed by atoms with E-state index in [0.717, 1.165) is 18.2 Å². The maximum atomic E-state index is 13.1. The van der Waals surface area contributed by atoms with Gasteiger partial charge in [-0.25, -0.2) is 13.1 Å². The van der Waals surface area contributed by atoms with Crippen LogP contribution < -0.4 is 10.0 Å². The van der Waals surface area contributed by atoms with E-state index in [1.54, 1.807) is 4.90 Å². The number of alkyl halides is 9. The standard InChI is InChI=1S/C22H20F9N3O3S/c23-20(24,25)13-2-1-3-16(10-13)38(36,37)33-14-6-8-34(9-7-14)12-19(35)32-15-4-5-17(21(26,27)28)18(11-15)22(29,30)31/h1-5,10-11,14,33H,6-9,12H2,(H,32,35). The summed E-state index contributed by atoms with van der Waals surface area (Å²) < 4.78 is 144. The van der Waals surface area contributed by atoms with Gasteiger partial charge in [-0.2, -0.15) is 39.5 Å². The summed E-state index contributed by atoms with van der Waals surface area (Å²) in [5.74, 6) is -0.805. The van der Waals surface area contributed by atoms with Gasteiger partial charge in [0.05, 0.1) is 28.1 Å². The molecule has 1 aliphatic rings. The minimum absolute atomic E-state index is 0.157. The Morgan fingerprint density at radius 3 is 2.00 bits per heavy atom. The van der Waals surface area contributed by atoms with E-state index >= 15 is 0 Å². The van der Waals surface area contributed by atoms with Gasteiger partial charge < -0.3 is 5.32 Å². The fourth-order valence-corrected chi connectivity index (χ4v) is 5.19. The number of hydrogen-bond acceptors (Lipinski definition) is 4. The van der Waals surface area contributed by atoms with Gasteiger partial charge >= 0.3 is 18.5 Å². The van der Waals surface area contributed by atoms with Crippen molar-refractivity contribution in [2.45, 2.75) is 42.3 Å². The van der Waals surface area contributed by atoms with Crippen LogP contribution in [0.3, 0.4) is 0 Å². The number of rotatable bonds is 6. The van der Waals surface area contributed by atoms with Crippen molar-refractivity contribution in [2.24, 2.45) is 0 Å². The molecule has 0 spiro atoms. The lowest BCUT2D eigenvalue weighted by atomic mass is 10.1. The van der Waals surface area contributed by atoms with Gasteiger partial charge in [0.2, 0.25) is 15.9 Å². The first kappa shape index (κ1) is 29.7. The van der Waals surface area contributed by atoms with Crippen LogP contribution in [-0.2, 0) is 33.3 Å². The largest absolute Gasteiger partial charge is 0.417 e. The maximum Gasteiger partial charge on any atom is 0.417 e. The van der Waals surface area contributed by atoms with Gasteiger partial charge in [0, 0.05) is 24.8 Å². The van der Waals surface area contributed by atoms with E-state index in [2.05, 4.69) is 10.0 Å². The van der Waals surface area contributed by atoms with Crippen molar-refractivity contribution in [1.82, 2.24) is 9.62 Å². The molecular weight excluding hydrogens is 557 g/mol. The second-order valence-electron chi connectivity index (χ2n) is 8.50. The molecule has 2 aromatic carbocycles. The second-order valence-corrected chi connectivity index (χ2v) is 10.2. The van der Waals surface area contributed by atoms with Crippen molar-refractivity contribution in [3.8, 4) is 0 Å². The fraction of sp³-hybridized carbons (Fsp3) is 0.409. The predicted molar refractivity (Wildman–Crippen MR) is 116 cm³/mol. The molecule has 0 saturated carbocycles. The second kappa shape index (κ2) is 10.7. The Morgan fingerprint density at radius 1 is 0.842 bits per heavy atom. The molecule has 6 nitrogen and oxygen atoms in total. The highest BCUT2D eigenvalue weighted by Gasteiger charge is 2.43. The zero-order valence-corrected chi connectivity index (χ0v) is 20.0. The van der Waals surface area contributed by atoms with Crippen LogP contribution in [0.1, 0.15) is 29.5 Å². The quantitative estimate of drug-likeness (QED) is 0.468. The minimum Gasteiger partial charge on any atom is -0.325 e. The van der Waals surface area contributed by atoms with Crippen LogP contribution in [0, 0.1) is 0 Å². The SMILES string of the molecule is O=C(CN1CCC(NS(=O)(=O)c2cccc(C(F)(F)F)c2)CC1)Nc1ccc(C(F)(F)F)c(C(F)(F)F)c1. The average molecular weight is 577 g/mol. The lowest BCUT2D eigenvalue weighted by molar-refractivity contribution is -0.162. The van der Waals surface area contributed by atoms with Gasteiger partial charge in [-0.3, -0.25) is 9.69 Å². The van der Waals surface area contributed by atoms with Crippen LogP contribution >= 0.6 is 0 Å². The molecule has 16 heteroatoms. The Balaban J connectivity index is 1.57. The van der Waals surface area contributed by atoms with Crippen LogP contribution in [0.2, 0.25) is 0 Å². The average Bonchev–Trinajstić information content (AvgIpc) is 2.78. The molecule has 2 aromatic rings. The third-order valence-corrected chi connectivity index (χ3v) is 7.18. The lowest BCUT2D eigenvalue weighted by Gasteiger charge is -2.31. The Morgan fingerprint density at radius 2 is 1.45 bits per heavy atom. The number of carbonyl (C=O) groups is 1. The number of piperidine rings is 1. The number of benzene rings is 2. The molecule has 1 fully saturated rings. The summed E-state index contributed by atoms with van der Waals surface area (Å²) in [6, 6.07) is 3.68. The van der Waals surface area contributed by atoms with Crippen molar-refractivity contribution in [3.05, 3.63) is 59.2 Å². The third-order valence-electron chi connectivity index (χ3n) is 5.66. The lowest BCUT2D eigenvalue weighted by Crippen LogP contribution is -2.46. The maximum absolute atomic E-state index is 13.1. The van der Waals surface area contributed by atoms with E-state index in [4.69, 9.17) is 0 Å². The Bertz CT molecular complexity index is 1270. The number of nitrogens with one attached hydrogen (secondary N) is 2. The predicted octanol–water partition coefficient (Wildman–Crippen LogP) is 5.12. The summed E-state index contributed by atoms with van der Waals surface area (Å²) in [5, 5.41) is 2.12. The van der Waals surface area contributed by atoms with Crippen molar-refractivity contribution in [3.63, 3.8) is 0 Å². The van der Waals surface area contributed by atoms with Gasteiger partial charge in [0.25, 0.3) is 0 Å². The molecule has 210 valence electrons. The van der Waals surface area contributed by atoms with Crippen molar-refractivity contribution in [2.75, 3.05) is 25.0 Å². The van der Waals surface area contributed by atoms with Crippen molar-refractivity contribution < 1.29 is 52.7 Å². The summed E-state index contributed by atoms with van der Waals surface area (Å²) >= 11 is 0. The molecule has 0 radical (unpaired) electrons. The monoisotopic (exact) mass is 577 g/mol.